The number of hydrogen-bond acceptors (Lipinski definition) is 0. The molecule has 0 N–H and O–H groups in total. The highest BCUT2D eigenvalue weighted by Crippen LogP contribution is 2.27. The molecule has 0 saturated carbocycles. The highest BCUT2D eigenvalue weighted by Gasteiger charge is 1.96. The van der Waals surface area contributed by atoms with Gasteiger partial charge < -0.3 is 67.1 Å². The van der Waals surface area contributed by atoms with E-state index in [9.17, 15) is 0 Å². The molecule has 0 radical (unpaired) electrons. The lowest BCUT2D eigenvalue weighted by Crippen LogP contribution is -1.92. The molecular weight excluding hydrogens is 404 g/mol. The van der Waals surface area contributed by atoms with Gasteiger partial charge in [0.05, 0.1) is 0 Å². The molecule has 0 spiro atoms. The van der Waals surface area contributed by atoms with Crippen LogP contribution in [0.5, 0.6) is 0 Å². The lowest BCUT2D eigenvalue weighted by molar-refractivity contribution is 2.37. The smallest absolute Gasteiger partial charge is 0.176 e. The summed E-state index contributed by atoms with van der Waals surface area (Å²) in [6.45, 7) is 2.21. The van der Waals surface area contributed by atoms with Crippen LogP contribution in [0.4, 0.5) is 0 Å². The van der Waals surface area contributed by atoms with Crippen LogP contribution in [0, 0.1) is 0 Å². The normalized spacial score (nSPS) is 12.0. The lowest BCUT2D eigenvalue weighted by Gasteiger charge is -2.07. The number of halogens is 3. The van der Waals surface area contributed by atoms with Crippen molar-refractivity contribution in [3.8, 4) is 0 Å². The van der Waals surface area contributed by atoms with Crippen molar-refractivity contribution in [3.63, 3.8) is 0 Å². The van der Waals surface area contributed by atoms with Crippen LogP contribution in [0.15, 0.2) is 0 Å². The standard InChI is InChI=1S/CH3BI3/c1-2(3,4)5/h1H3/q-1. The molecule has 5 heavy (non-hydrogen) atoms. The van der Waals surface area contributed by atoms with Crippen LogP contribution < -0.4 is 0 Å². The molecule has 0 aromatic heterocycles. The van der Waals surface area contributed by atoms with Crippen molar-refractivity contribution in [1.82, 2.24) is 0 Å². The van der Waals surface area contributed by atoms with E-state index in [4.69, 9.17) is 0 Å². The van der Waals surface area contributed by atoms with Crippen molar-refractivity contribution in [2.75, 3.05) is 0 Å². The predicted octanol–water partition coefficient (Wildman–Crippen LogP) is 2.86. The van der Waals surface area contributed by atoms with Gasteiger partial charge in [0.25, 0.3) is 0 Å². The van der Waals surface area contributed by atoms with E-state index in [0.717, 1.165) is 0 Å². The SMILES string of the molecule is C[B-](I)(I)I. The fourth-order valence-electron chi connectivity index (χ4n) is 0. The molecule has 0 amide bonds. The third kappa shape index (κ3) is 22.3. The maximum absolute atomic E-state index is 2.41. The van der Waals surface area contributed by atoms with Crippen LogP contribution in [0.1, 0.15) is 0 Å². The Balaban J connectivity index is 3.02. The molecule has 32 valence electrons. The van der Waals surface area contributed by atoms with Gasteiger partial charge in [0.2, 0.25) is 0 Å². The summed E-state index contributed by atoms with van der Waals surface area (Å²) in [5.41, 5.74) is 0. The van der Waals surface area contributed by atoms with Crippen molar-refractivity contribution in [1.29, 1.82) is 0 Å². The van der Waals surface area contributed by atoms with Gasteiger partial charge in [0.15, 0.2) is -0.285 Å². The van der Waals surface area contributed by atoms with Gasteiger partial charge in [-0.15, -0.1) is 0 Å². The summed E-state index contributed by atoms with van der Waals surface area (Å²) in [6.07, 6.45) is 0. The largest absolute Gasteiger partial charge is 0.322 e. The van der Waals surface area contributed by atoms with E-state index in [0.29, 0.717) is 0 Å². The second kappa shape index (κ2) is 2.53. The second-order valence-corrected chi connectivity index (χ2v) is 15.5. The third-order valence-electron chi connectivity index (χ3n) is 0. The quantitative estimate of drug-likeness (QED) is 0.429. The zero-order valence-electron chi connectivity index (χ0n) is 2.71. The van der Waals surface area contributed by atoms with Gasteiger partial charge in [-0.05, 0) is 0 Å². The molecule has 0 aromatic rings. The Bertz CT molecular complexity index is 22.4. The molecule has 0 aliphatic carbocycles. The fraction of sp³-hybridized carbons (Fsp3) is 1.00. The minimum atomic E-state index is -0.0900. The monoisotopic (exact) mass is 407 g/mol. The first-order valence-electron chi connectivity index (χ1n) is 1.23. The Kier molecular flexibility index (Phi) is 3.68. The van der Waals surface area contributed by atoms with Crippen LogP contribution in [-0.4, -0.2) is -0.285 Å². The molecule has 0 atom stereocenters. The first kappa shape index (κ1) is 7.25. The van der Waals surface area contributed by atoms with E-state index in [1.807, 2.05) is 0 Å². The van der Waals surface area contributed by atoms with Crippen molar-refractivity contribution in [2.24, 2.45) is 0 Å². The summed E-state index contributed by atoms with van der Waals surface area (Å²) in [5, 5.41) is 0. The molecule has 0 nitrogen and oxygen atoms in total. The first-order valence-corrected chi connectivity index (χ1v) is 4.97. The Morgan fingerprint density at radius 3 is 1.20 bits per heavy atom. The van der Waals surface area contributed by atoms with E-state index in [1.165, 1.54) is 0 Å². The van der Waals surface area contributed by atoms with Crippen molar-refractivity contribution in [3.05, 3.63) is 0 Å². The van der Waals surface area contributed by atoms with Gasteiger partial charge in [0, 0.05) is 0 Å². The molecule has 4 heteroatoms. The van der Waals surface area contributed by atoms with Gasteiger partial charge in [-0.2, -0.15) is 6.82 Å². The molecule has 0 aromatic carbocycles. The van der Waals surface area contributed by atoms with Gasteiger partial charge in [-0.1, -0.05) is 0 Å². The first-order chi connectivity index (χ1) is 2.00. The Hall–Kier alpha value is 2.25. The van der Waals surface area contributed by atoms with Crippen molar-refractivity contribution >= 4 is 66.8 Å². The van der Waals surface area contributed by atoms with Gasteiger partial charge in [-0.25, -0.2) is 0 Å². The maximum atomic E-state index is 2.41. The minimum absolute atomic E-state index is 0.0900. The molecule has 0 unspecified atom stereocenters. The minimum Gasteiger partial charge on any atom is -0.322 e. The van der Waals surface area contributed by atoms with Crippen molar-refractivity contribution in [2.45, 2.75) is 6.82 Å². The zero-order valence-corrected chi connectivity index (χ0v) is 9.18. The molecule has 0 fully saturated rings. The molecule has 0 rings (SSSR count). The Labute approximate surface area is 72.4 Å². The highest BCUT2D eigenvalue weighted by molar-refractivity contribution is 14.4. The van der Waals surface area contributed by atoms with E-state index in [-0.39, 0.29) is -0.285 Å². The van der Waals surface area contributed by atoms with Gasteiger partial charge >= 0.3 is 0 Å². The van der Waals surface area contributed by atoms with E-state index >= 15 is 0 Å². The Morgan fingerprint density at radius 1 is 1.20 bits per heavy atom. The maximum Gasteiger partial charge on any atom is 0.176 e. The third-order valence-corrected chi connectivity index (χ3v) is 0. The van der Waals surface area contributed by atoms with Gasteiger partial charge in [-0.3, -0.25) is 0 Å². The topological polar surface area (TPSA) is 0 Å². The van der Waals surface area contributed by atoms with Gasteiger partial charge in [0.1, 0.15) is 0 Å². The van der Waals surface area contributed by atoms with E-state index in [2.05, 4.69) is 73.9 Å². The number of rotatable bonds is 0. The average Bonchev–Trinajstić information content (AvgIpc) is 0.722. The summed E-state index contributed by atoms with van der Waals surface area (Å²) in [5.74, 6) is 0. The molecular formula is CH3BI3-. The van der Waals surface area contributed by atoms with Crippen LogP contribution >= 0.6 is 67.1 Å². The number of hydrogen-bond donors (Lipinski definition) is 0. The van der Waals surface area contributed by atoms with Crippen LogP contribution in [0.25, 0.3) is 0 Å². The lowest BCUT2D eigenvalue weighted by atomic mass is 10.2. The van der Waals surface area contributed by atoms with E-state index in [1.54, 1.807) is 0 Å². The molecule has 0 heterocycles. The molecule has 0 saturated heterocycles. The summed E-state index contributed by atoms with van der Waals surface area (Å²) in [6, 6.07) is 0. The zero-order chi connectivity index (χ0) is 4.50. The summed E-state index contributed by atoms with van der Waals surface area (Å²) in [7, 11) is 0. The van der Waals surface area contributed by atoms with Crippen LogP contribution in [-0.2, 0) is 0 Å². The molecule has 0 aliphatic rings. The van der Waals surface area contributed by atoms with Crippen molar-refractivity contribution < 1.29 is 0 Å². The average molecular weight is 407 g/mol. The fourth-order valence-corrected chi connectivity index (χ4v) is 0. The van der Waals surface area contributed by atoms with E-state index < -0.39 is 0 Å². The second-order valence-electron chi connectivity index (χ2n) is 0.902. The summed E-state index contributed by atoms with van der Waals surface area (Å²) >= 11 is 7.24. The predicted molar refractivity (Wildman–Crippen MR) is 53.7 cm³/mol. The summed E-state index contributed by atoms with van der Waals surface area (Å²) < 4.78 is -0.0900. The van der Waals surface area contributed by atoms with Crippen LogP contribution in [0.2, 0.25) is 6.82 Å². The summed E-state index contributed by atoms with van der Waals surface area (Å²) in [4.78, 5) is 0. The molecule has 0 aliphatic heterocycles. The molecule has 0 bridgehead atoms. The Morgan fingerprint density at radius 2 is 1.20 bits per heavy atom. The highest BCUT2D eigenvalue weighted by atomic mass is 127. The van der Waals surface area contributed by atoms with Crippen LogP contribution in [0.3, 0.4) is 0 Å².